The standard InChI is InChI=1S/C26H32N6/c1-2-6-21(5-1)31-13-15-32(16-14-31)26-23-10-12-30(18-25(23)28-19-29-26)17-20-9-11-27-24-8-4-3-7-22(20)24/h3-4,7-9,11,19,21H,1-2,5-6,10,12-18H2. The summed E-state index contributed by atoms with van der Waals surface area (Å²) in [6, 6.07) is 11.4. The van der Waals surface area contributed by atoms with Crippen LogP contribution in [-0.2, 0) is 19.5 Å². The van der Waals surface area contributed by atoms with E-state index < -0.39 is 0 Å². The summed E-state index contributed by atoms with van der Waals surface area (Å²) in [7, 11) is 0. The molecule has 0 bridgehead atoms. The molecule has 2 aliphatic heterocycles. The van der Waals surface area contributed by atoms with Gasteiger partial charge in [0.05, 0.1) is 11.2 Å². The number of aromatic nitrogens is 3. The van der Waals surface area contributed by atoms with E-state index in [4.69, 9.17) is 9.97 Å². The van der Waals surface area contributed by atoms with E-state index in [9.17, 15) is 0 Å². The van der Waals surface area contributed by atoms with Crippen LogP contribution in [0.3, 0.4) is 0 Å². The molecule has 0 spiro atoms. The molecule has 1 aliphatic carbocycles. The van der Waals surface area contributed by atoms with E-state index >= 15 is 0 Å². The highest BCUT2D eigenvalue weighted by atomic mass is 15.3. The molecule has 2 aromatic heterocycles. The van der Waals surface area contributed by atoms with Crippen molar-refractivity contribution < 1.29 is 0 Å². The third-order valence-corrected chi connectivity index (χ3v) is 7.65. The first-order valence-electron chi connectivity index (χ1n) is 12.2. The average Bonchev–Trinajstić information content (AvgIpc) is 3.39. The first-order valence-corrected chi connectivity index (χ1v) is 12.2. The minimum absolute atomic E-state index is 0.828. The molecule has 0 radical (unpaired) electrons. The maximum atomic E-state index is 4.76. The molecule has 0 atom stereocenters. The molecule has 1 saturated heterocycles. The van der Waals surface area contributed by atoms with Crippen LogP contribution in [0.4, 0.5) is 5.82 Å². The SMILES string of the molecule is c1ccc2c(CN3CCc4c(ncnc4N4CCN(C5CCCC5)CC4)C3)ccnc2c1. The normalized spacial score (nSPS) is 20.7. The first-order chi connectivity index (χ1) is 15.8. The molecule has 166 valence electrons. The highest BCUT2D eigenvalue weighted by molar-refractivity contribution is 5.81. The monoisotopic (exact) mass is 428 g/mol. The number of rotatable bonds is 4. The molecule has 0 unspecified atom stereocenters. The van der Waals surface area contributed by atoms with Gasteiger partial charge in [0.25, 0.3) is 0 Å². The van der Waals surface area contributed by atoms with Gasteiger partial charge in [-0.25, -0.2) is 9.97 Å². The van der Waals surface area contributed by atoms with Gasteiger partial charge in [-0.05, 0) is 37.0 Å². The number of benzene rings is 1. The number of hydrogen-bond donors (Lipinski definition) is 0. The molecule has 1 aromatic carbocycles. The van der Waals surface area contributed by atoms with Crippen LogP contribution in [0.5, 0.6) is 0 Å². The van der Waals surface area contributed by atoms with E-state index in [1.807, 2.05) is 6.20 Å². The van der Waals surface area contributed by atoms with Crippen molar-refractivity contribution in [3.05, 3.63) is 59.7 Å². The van der Waals surface area contributed by atoms with E-state index in [1.165, 1.54) is 66.8 Å². The maximum absolute atomic E-state index is 4.76. The number of anilines is 1. The Morgan fingerprint density at radius 2 is 1.72 bits per heavy atom. The van der Waals surface area contributed by atoms with Crippen molar-refractivity contribution >= 4 is 16.7 Å². The smallest absolute Gasteiger partial charge is 0.135 e. The Bertz CT molecular complexity index is 1080. The lowest BCUT2D eigenvalue weighted by molar-refractivity contribution is 0.187. The van der Waals surface area contributed by atoms with Crippen LogP contribution in [0.1, 0.15) is 42.5 Å². The van der Waals surface area contributed by atoms with Crippen molar-refractivity contribution in [1.82, 2.24) is 24.8 Å². The topological polar surface area (TPSA) is 48.4 Å². The second kappa shape index (κ2) is 8.75. The van der Waals surface area contributed by atoms with Gasteiger partial charge in [0.2, 0.25) is 0 Å². The Morgan fingerprint density at radius 3 is 2.59 bits per heavy atom. The van der Waals surface area contributed by atoms with E-state index in [0.717, 1.165) is 50.7 Å². The molecule has 1 saturated carbocycles. The summed E-state index contributed by atoms with van der Waals surface area (Å²) in [6.45, 7) is 7.40. The summed E-state index contributed by atoms with van der Waals surface area (Å²) in [4.78, 5) is 21.7. The van der Waals surface area contributed by atoms with Crippen molar-refractivity contribution in [3.63, 3.8) is 0 Å². The predicted molar refractivity (Wildman–Crippen MR) is 128 cm³/mol. The van der Waals surface area contributed by atoms with Gasteiger partial charge in [-0.1, -0.05) is 31.0 Å². The summed E-state index contributed by atoms with van der Waals surface area (Å²) < 4.78 is 0. The molecule has 3 aromatic rings. The molecule has 4 heterocycles. The molecule has 6 heteroatoms. The van der Waals surface area contributed by atoms with Gasteiger partial charge < -0.3 is 4.90 Å². The van der Waals surface area contributed by atoms with Crippen LogP contribution in [0.15, 0.2) is 42.9 Å². The molecule has 6 rings (SSSR count). The van der Waals surface area contributed by atoms with Gasteiger partial charge in [-0.15, -0.1) is 0 Å². The lowest BCUT2D eigenvalue weighted by Crippen LogP contribution is -2.50. The van der Waals surface area contributed by atoms with E-state index in [-0.39, 0.29) is 0 Å². The highest BCUT2D eigenvalue weighted by Gasteiger charge is 2.29. The molecular formula is C26H32N6. The number of fused-ring (bicyclic) bond motifs is 2. The van der Waals surface area contributed by atoms with Gasteiger partial charge in [0.1, 0.15) is 12.1 Å². The number of hydrogen-bond acceptors (Lipinski definition) is 6. The Balaban J connectivity index is 1.16. The Kier molecular flexibility index (Phi) is 5.49. The zero-order chi connectivity index (χ0) is 21.3. The third kappa shape index (κ3) is 3.86. The number of piperazine rings is 1. The minimum atomic E-state index is 0.828. The second-order valence-corrected chi connectivity index (χ2v) is 9.53. The average molecular weight is 429 g/mol. The maximum Gasteiger partial charge on any atom is 0.135 e. The van der Waals surface area contributed by atoms with Crippen molar-refractivity contribution in [3.8, 4) is 0 Å². The fraction of sp³-hybridized carbons (Fsp3) is 0.500. The molecule has 0 amide bonds. The van der Waals surface area contributed by atoms with Gasteiger partial charge in [-0.2, -0.15) is 0 Å². The van der Waals surface area contributed by atoms with Crippen LogP contribution in [-0.4, -0.2) is 63.5 Å². The fourth-order valence-corrected chi connectivity index (χ4v) is 5.90. The zero-order valence-electron chi connectivity index (χ0n) is 18.8. The van der Waals surface area contributed by atoms with E-state index in [1.54, 1.807) is 6.33 Å². The second-order valence-electron chi connectivity index (χ2n) is 9.53. The first kappa shape index (κ1) is 20.1. The van der Waals surface area contributed by atoms with Crippen LogP contribution >= 0.6 is 0 Å². The van der Waals surface area contributed by atoms with Crippen LogP contribution in [0, 0.1) is 0 Å². The molecule has 2 fully saturated rings. The van der Waals surface area contributed by atoms with Crippen molar-refractivity contribution in [2.75, 3.05) is 37.6 Å². The van der Waals surface area contributed by atoms with Gasteiger partial charge >= 0.3 is 0 Å². The summed E-state index contributed by atoms with van der Waals surface area (Å²) in [5.74, 6) is 1.19. The molecule has 6 nitrogen and oxygen atoms in total. The van der Waals surface area contributed by atoms with Gasteiger partial charge in [0, 0.05) is 69.0 Å². The van der Waals surface area contributed by atoms with Crippen LogP contribution < -0.4 is 4.90 Å². The van der Waals surface area contributed by atoms with Crippen LogP contribution in [0.2, 0.25) is 0 Å². The van der Waals surface area contributed by atoms with Gasteiger partial charge in [0.15, 0.2) is 0 Å². The molecular weight excluding hydrogens is 396 g/mol. The number of pyridine rings is 1. The van der Waals surface area contributed by atoms with Crippen LogP contribution in [0.25, 0.3) is 10.9 Å². The summed E-state index contributed by atoms with van der Waals surface area (Å²) >= 11 is 0. The third-order valence-electron chi connectivity index (χ3n) is 7.65. The van der Waals surface area contributed by atoms with Crippen molar-refractivity contribution in [1.29, 1.82) is 0 Å². The predicted octanol–water partition coefficient (Wildman–Crippen LogP) is 3.65. The van der Waals surface area contributed by atoms with Crippen molar-refractivity contribution in [2.24, 2.45) is 0 Å². The summed E-state index contributed by atoms with van der Waals surface area (Å²) in [5, 5.41) is 1.25. The van der Waals surface area contributed by atoms with Crippen molar-refractivity contribution in [2.45, 2.75) is 51.2 Å². The largest absolute Gasteiger partial charge is 0.354 e. The Morgan fingerprint density at radius 1 is 0.875 bits per heavy atom. The summed E-state index contributed by atoms with van der Waals surface area (Å²) in [6.07, 6.45) is 10.4. The Hall–Kier alpha value is -2.57. The number of nitrogens with zero attached hydrogens (tertiary/aromatic N) is 6. The van der Waals surface area contributed by atoms with Gasteiger partial charge in [-0.3, -0.25) is 14.8 Å². The Labute approximate surface area is 190 Å². The quantitative estimate of drug-likeness (QED) is 0.632. The van der Waals surface area contributed by atoms with E-state index in [0.29, 0.717) is 0 Å². The van der Waals surface area contributed by atoms with E-state index in [2.05, 4.69) is 50.0 Å². The lowest BCUT2D eigenvalue weighted by Gasteiger charge is -2.40. The molecule has 3 aliphatic rings. The molecule has 32 heavy (non-hydrogen) atoms. The lowest BCUT2D eigenvalue weighted by atomic mass is 10.0. The highest BCUT2D eigenvalue weighted by Crippen LogP contribution is 2.29. The molecule has 0 N–H and O–H groups in total. The fourth-order valence-electron chi connectivity index (χ4n) is 5.90. The number of para-hydroxylation sites is 1. The minimum Gasteiger partial charge on any atom is -0.354 e. The zero-order valence-corrected chi connectivity index (χ0v) is 18.8. The summed E-state index contributed by atoms with van der Waals surface area (Å²) in [5.41, 5.74) is 5.00.